The Bertz CT molecular complexity index is 424. The molecule has 2 aliphatic rings. The quantitative estimate of drug-likeness (QED) is 0.646. The number of benzene rings is 1. The number of para-hydroxylation sites is 1. The molecule has 1 fully saturated rings. The van der Waals surface area contributed by atoms with Crippen LogP contribution in [0.3, 0.4) is 0 Å². The summed E-state index contributed by atoms with van der Waals surface area (Å²) in [4.78, 5) is 11.6. The van der Waals surface area contributed by atoms with Gasteiger partial charge in [0.15, 0.2) is 0 Å². The molecule has 15 heavy (non-hydrogen) atoms. The van der Waals surface area contributed by atoms with E-state index >= 15 is 0 Å². The van der Waals surface area contributed by atoms with Gasteiger partial charge >= 0.3 is 0 Å². The van der Waals surface area contributed by atoms with E-state index in [0.29, 0.717) is 24.5 Å². The topological polar surface area (TPSA) is 26.3 Å². The van der Waals surface area contributed by atoms with Crippen molar-refractivity contribution in [2.24, 2.45) is 0 Å². The predicted molar refractivity (Wildman–Crippen MR) is 57.1 cm³/mol. The summed E-state index contributed by atoms with van der Waals surface area (Å²) >= 11 is 0. The van der Waals surface area contributed by atoms with Crippen LogP contribution < -0.4 is 4.74 Å². The zero-order valence-corrected chi connectivity index (χ0v) is 8.82. The van der Waals surface area contributed by atoms with Gasteiger partial charge in [-0.25, -0.2) is 0 Å². The molecule has 1 aliphatic heterocycles. The van der Waals surface area contributed by atoms with Crippen molar-refractivity contribution in [2.75, 3.05) is 0 Å². The molecule has 1 aromatic rings. The van der Waals surface area contributed by atoms with E-state index in [-0.39, 0.29) is 5.60 Å². The smallest absolute Gasteiger partial charge is 0.137 e. The fraction of sp³-hybridized carbons (Fsp3) is 0.462. The Morgan fingerprint density at radius 2 is 2.20 bits per heavy atom. The van der Waals surface area contributed by atoms with Crippen molar-refractivity contribution in [3.63, 3.8) is 0 Å². The second kappa shape index (κ2) is 2.84. The number of carbonyl (C=O) groups excluding carboxylic acids is 1. The highest BCUT2D eigenvalue weighted by atomic mass is 16.5. The van der Waals surface area contributed by atoms with E-state index in [1.807, 2.05) is 25.1 Å². The maximum absolute atomic E-state index is 11.6. The lowest BCUT2D eigenvalue weighted by molar-refractivity contribution is -0.127. The van der Waals surface area contributed by atoms with Crippen LogP contribution in [0.4, 0.5) is 0 Å². The molecular weight excluding hydrogens is 188 g/mol. The molecule has 78 valence electrons. The maximum atomic E-state index is 11.6. The average Bonchev–Trinajstić information content (AvgIpc) is 2.15. The highest BCUT2D eigenvalue weighted by Crippen LogP contribution is 2.47. The molecule has 0 radical (unpaired) electrons. The monoisotopic (exact) mass is 202 g/mol. The van der Waals surface area contributed by atoms with Crippen molar-refractivity contribution in [1.82, 2.24) is 0 Å². The lowest BCUT2D eigenvalue weighted by Crippen LogP contribution is -2.44. The Morgan fingerprint density at radius 3 is 3.07 bits per heavy atom. The van der Waals surface area contributed by atoms with Crippen molar-refractivity contribution in [3.05, 3.63) is 29.8 Å². The molecule has 0 spiro atoms. The van der Waals surface area contributed by atoms with E-state index in [2.05, 4.69) is 6.07 Å². The molecule has 1 aromatic carbocycles. The highest BCUT2D eigenvalue weighted by Gasteiger charge is 2.43. The minimum atomic E-state index is -0.256. The van der Waals surface area contributed by atoms with Gasteiger partial charge in [-0.1, -0.05) is 18.2 Å². The summed E-state index contributed by atoms with van der Waals surface area (Å²) in [6.45, 7) is 2.05. The van der Waals surface area contributed by atoms with Crippen LogP contribution in [0, 0.1) is 0 Å². The van der Waals surface area contributed by atoms with Crippen molar-refractivity contribution in [2.45, 2.75) is 37.7 Å². The minimum Gasteiger partial charge on any atom is -0.487 e. The molecule has 2 nitrogen and oxygen atoms in total. The van der Waals surface area contributed by atoms with Gasteiger partial charge in [0.1, 0.15) is 17.1 Å². The molecule has 0 N–H and O–H groups in total. The van der Waals surface area contributed by atoms with Crippen molar-refractivity contribution < 1.29 is 9.53 Å². The van der Waals surface area contributed by atoms with E-state index < -0.39 is 0 Å². The fourth-order valence-corrected chi connectivity index (χ4v) is 2.90. The van der Waals surface area contributed by atoms with E-state index in [9.17, 15) is 4.79 Å². The third kappa shape index (κ3) is 1.36. The lowest BCUT2D eigenvalue weighted by Gasteiger charge is -2.43. The molecule has 1 heterocycles. The highest BCUT2D eigenvalue weighted by molar-refractivity contribution is 5.82. The predicted octanol–water partition coefficient (Wildman–Crippen LogP) is 2.67. The number of Topliss-reactive ketones (excluding diaryl/α,β-unsaturated/α-hetero) is 1. The average molecular weight is 202 g/mol. The number of rotatable bonds is 0. The van der Waals surface area contributed by atoms with Gasteiger partial charge in [0.2, 0.25) is 0 Å². The third-order valence-electron chi connectivity index (χ3n) is 3.44. The molecule has 0 unspecified atom stereocenters. The van der Waals surface area contributed by atoms with Crippen molar-refractivity contribution >= 4 is 5.78 Å². The Morgan fingerprint density at radius 1 is 1.40 bits per heavy atom. The first-order valence-corrected chi connectivity index (χ1v) is 5.46. The summed E-state index contributed by atoms with van der Waals surface area (Å²) < 4.78 is 5.94. The van der Waals surface area contributed by atoms with Gasteiger partial charge in [-0.3, -0.25) is 4.79 Å². The minimum absolute atomic E-state index is 0.256. The van der Waals surface area contributed by atoms with Crippen LogP contribution in [-0.4, -0.2) is 11.4 Å². The van der Waals surface area contributed by atoms with Crippen LogP contribution in [0.1, 0.15) is 37.7 Å². The van der Waals surface area contributed by atoms with Gasteiger partial charge in [0.05, 0.1) is 0 Å². The van der Waals surface area contributed by atoms with Gasteiger partial charge in [-0.05, 0) is 30.9 Å². The standard InChI is InChI=1S/C13H14O2/c1-13-7-9(6-10(14)8-13)11-4-2-3-5-12(11)15-13/h2-5,9H,6-8H2,1H3/t9-,13-/m1/s1. The Hall–Kier alpha value is -1.31. The van der Waals surface area contributed by atoms with Crippen molar-refractivity contribution in [3.8, 4) is 5.75 Å². The molecule has 2 heteroatoms. The first kappa shape index (κ1) is 8.96. The molecule has 2 atom stereocenters. The molecule has 1 saturated carbocycles. The number of carbonyl (C=O) groups is 1. The normalized spacial score (nSPS) is 33.1. The number of hydrogen-bond acceptors (Lipinski definition) is 2. The van der Waals surface area contributed by atoms with Crippen LogP contribution in [0.2, 0.25) is 0 Å². The van der Waals surface area contributed by atoms with Gasteiger partial charge in [0, 0.05) is 12.8 Å². The zero-order chi connectivity index (χ0) is 10.5. The van der Waals surface area contributed by atoms with Crippen LogP contribution >= 0.6 is 0 Å². The van der Waals surface area contributed by atoms with E-state index in [0.717, 1.165) is 12.2 Å². The zero-order valence-electron chi connectivity index (χ0n) is 8.82. The maximum Gasteiger partial charge on any atom is 0.137 e. The SMILES string of the molecule is C[C@]12CC(=O)C[C@H](C1)c1ccccc1O2. The second-order valence-corrected chi connectivity index (χ2v) is 4.91. The molecular formula is C13H14O2. The van der Waals surface area contributed by atoms with Gasteiger partial charge < -0.3 is 4.74 Å². The first-order chi connectivity index (χ1) is 7.16. The van der Waals surface area contributed by atoms with Gasteiger partial charge in [-0.2, -0.15) is 0 Å². The summed E-state index contributed by atoms with van der Waals surface area (Å²) in [7, 11) is 0. The number of fused-ring (bicyclic) bond motifs is 4. The van der Waals surface area contributed by atoms with Crippen LogP contribution in [0.15, 0.2) is 24.3 Å². The first-order valence-electron chi connectivity index (χ1n) is 5.46. The lowest BCUT2D eigenvalue weighted by atomic mass is 9.73. The van der Waals surface area contributed by atoms with E-state index in [4.69, 9.17) is 4.74 Å². The van der Waals surface area contributed by atoms with E-state index in [1.54, 1.807) is 0 Å². The van der Waals surface area contributed by atoms with Crippen LogP contribution in [0.5, 0.6) is 5.75 Å². The molecule has 2 bridgehead atoms. The Balaban J connectivity index is 2.10. The molecule has 0 aromatic heterocycles. The summed E-state index contributed by atoms with van der Waals surface area (Å²) in [5.74, 6) is 1.69. The van der Waals surface area contributed by atoms with Crippen molar-refractivity contribution in [1.29, 1.82) is 0 Å². The number of ketones is 1. The number of ether oxygens (including phenoxy) is 1. The number of hydrogen-bond donors (Lipinski definition) is 0. The Labute approximate surface area is 89.2 Å². The molecule has 0 saturated heterocycles. The fourth-order valence-electron chi connectivity index (χ4n) is 2.90. The summed E-state index contributed by atoms with van der Waals surface area (Å²) in [6, 6.07) is 8.10. The molecule has 3 rings (SSSR count). The van der Waals surface area contributed by atoms with Gasteiger partial charge in [0.25, 0.3) is 0 Å². The largest absolute Gasteiger partial charge is 0.487 e. The molecule has 0 amide bonds. The summed E-state index contributed by atoms with van der Waals surface area (Å²) in [5.41, 5.74) is 0.956. The molecule has 1 aliphatic carbocycles. The summed E-state index contributed by atoms with van der Waals surface area (Å²) in [6.07, 6.45) is 2.24. The summed E-state index contributed by atoms with van der Waals surface area (Å²) in [5, 5.41) is 0. The van der Waals surface area contributed by atoms with Crippen LogP contribution in [0.25, 0.3) is 0 Å². The van der Waals surface area contributed by atoms with E-state index in [1.165, 1.54) is 5.56 Å². The third-order valence-corrected chi connectivity index (χ3v) is 3.44. The Kier molecular flexibility index (Phi) is 1.70. The van der Waals surface area contributed by atoms with Crippen LogP contribution in [-0.2, 0) is 4.79 Å². The second-order valence-electron chi connectivity index (χ2n) is 4.91. The van der Waals surface area contributed by atoms with Gasteiger partial charge in [-0.15, -0.1) is 0 Å².